The highest BCUT2D eigenvalue weighted by molar-refractivity contribution is 6.74. The first-order chi connectivity index (χ1) is 14.4. The Bertz CT molecular complexity index is 872. The number of rotatable bonds is 7. The van der Waals surface area contributed by atoms with Crippen LogP contribution in [0.5, 0.6) is 5.75 Å². The molecule has 1 aromatic rings. The average Bonchev–Trinajstić information content (AvgIpc) is 3.03. The zero-order valence-corrected chi connectivity index (χ0v) is 20.8. The summed E-state index contributed by atoms with van der Waals surface area (Å²) in [5.74, 6) is 0.567. The molecule has 0 amide bonds. The van der Waals surface area contributed by atoms with Crippen molar-refractivity contribution in [2.45, 2.75) is 77.3 Å². The van der Waals surface area contributed by atoms with Gasteiger partial charge in [0.05, 0.1) is 18.8 Å². The summed E-state index contributed by atoms with van der Waals surface area (Å²) in [6.45, 7) is 13.7. The maximum atomic E-state index is 11.7. The molecule has 5 unspecified atom stereocenters. The van der Waals surface area contributed by atoms with E-state index in [2.05, 4.69) is 45.4 Å². The molecule has 2 bridgehead atoms. The number of carboxylic acid groups (broad SMARTS) is 1. The summed E-state index contributed by atoms with van der Waals surface area (Å²) in [5.41, 5.74) is 1.07. The summed E-state index contributed by atoms with van der Waals surface area (Å²) < 4.78 is 18.8. The number of hydrogen-bond acceptors (Lipinski definition) is 5. The maximum absolute atomic E-state index is 11.7. The van der Waals surface area contributed by atoms with E-state index in [1.54, 1.807) is 12.1 Å². The van der Waals surface area contributed by atoms with E-state index in [4.69, 9.17) is 14.0 Å². The highest BCUT2D eigenvalue weighted by atomic mass is 28.3. The van der Waals surface area contributed by atoms with E-state index in [1.807, 2.05) is 6.07 Å². The Morgan fingerprint density at radius 2 is 2.03 bits per heavy atom. The van der Waals surface area contributed by atoms with E-state index < -0.39 is 14.2 Å². The topological polar surface area (TPSA) is 77.0 Å². The highest BCUT2D eigenvalue weighted by Gasteiger charge is 2.68. The predicted octanol–water partition coefficient (Wildman–Crippen LogP) is 4.00. The highest BCUT2D eigenvalue weighted by Crippen LogP contribution is 2.65. The fraction of sp³-hybridized carbons (Fsp3) is 0.696. The normalized spacial score (nSPS) is 32.2. The largest absolute Gasteiger partial charge is 0.496 e. The van der Waals surface area contributed by atoms with Gasteiger partial charge in [-0.05, 0) is 55.1 Å². The molecule has 8 heteroatoms. The number of carbonyl (C=O) groups is 1. The summed E-state index contributed by atoms with van der Waals surface area (Å²) in [4.78, 5) is 15.5. The predicted molar refractivity (Wildman–Crippen MR) is 124 cm³/mol. The van der Waals surface area contributed by atoms with Crippen LogP contribution >= 0.6 is 0 Å². The van der Waals surface area contributed by atoms with Crippen molar-refractivity contribution in [2.24, 2.45) is 17.3 Å². The van der Waals surface area contributed by atoms with E-state index in [0.717, 1.165) is 12.0 Å². The monoisotopic (exact) mass is 445 g/mol. The summed E-state index contributed by atoms with van der Waals surface area (Å²) in [6, 6.07) is 5.30. The average molecular weight is 445 g/mol. The third kappa shape index (κ3) is 3.86. The van der Waals surface area contributed by atoms with Crippen LogP contribution in [0.3, 0.4) is 0 Å². The number of aromatic carboxylic acids is 1. The summed E-state index contributed by atoms with van der Waals surface area (Å²) in [5, 5.41) is 9.57. The van der Waals surface area contributed by atoms with Crippen LogP contribution in [0.25, 0.3) is 0 Å². The van der Waals surface area contributed by atoms with Crippen LogP contribution in [0.2, 0.25) is 19.6 Å². The molecule has 5 rings (SSSR count). The Morgan fingerprint density at radius 3 is 2.61 bits per heavy atom. The molecule has 0 aromatic heterocycles. The lowest BCUT2D eigenvalue weighted by Gasteiger charge is -2.64. The number of para-hydroxylation sites is 1. The van der Waals surface area contributed by atoms with Gasteiger partial charge >= 0.3 is 13.1 Å². The molecule has 170 valence electrons. The number of nitrogens with one attached hydrogen (secondary N) is 1. The molecule has 6 nitrogen and oxygen atoms in total. The van der Waals surface area contributed by atoms with Gasteiger partial charge in [-0.15, -0.1) is 0 Å². The van der Waals surface area contributed by atoms with E-state index in [1.165, 1.54) is 13.5 Å². The van der Waals surface area contributed by atoms with Crippen LogP contribution in [-0.4, -0.2) is 51.2 Å². The first-order valence-corrected chi connectivity index (χ1v) is 14.9. The lowest BCUT2D eigenvalue weighted by atomic mass is 9.43. The molecular formula is C23H36BNO5Si. The molecule has 31 heavy (non-hydrogen) atoms. The molecule has 1 aliphatic heterocycles. The maximum Gasteiger partial charge on any atom is 0.475 e. The van der Waals surface area contributed by atoms with Crippen molar-refractivity contribution in [1.29, 1.82) is 0 Å². The number of hydrogen-bond donors (Lipinski definition) is 2. The second-order valence-electron chi connectivity index (χ2n) is 11.3. The lowest BCUT2D eigenvalue weighted by Crippen LogP contribution is -2.65. The minimum Gasteiger partial charge on any atom is -0.496 e. The van der Waals surface area contributed by atoms with E-state index in [9.17, 15) is 9.90 Å². The Hall–Kier alpha value is -1.35. The molecule has 4 aliphatic rings. The van der Waals surface area contributed by atoms with Crippen LogP contribution in [0.1, 0.15) is 49.5 Å². The van der Waals surface area contributed by atoms with Gasteiger partial charge in [0, 0.05) is 5.94 Å². The van der Waals surface area contributed by atoms with Crippen molar-refractivity contribution in [3.63, 3.8) is 0 Å². The molecule has 2 N–H and O–H groups in total. The van der Waals surface area contributed by atoms with Crippen molar-refractivity contribution in [1.82, 2.24) is 4.98 Å². The molecule has 3 saturated carbocycles. The quantitative estimate of drug-likeness (QED) is 0.618. The fourth-order valence-corrected chi connectivity index (χ4v) is 7.59. The van der Waals surface area contributed by atoms with Gasteiger partial charge in [0.25, 0.3) is 0 Å². The summed E-state index contributed by atoms with van der Waals surface area (Å²) in [6.07, 6.45) is 2.97. The van der Waals surface area contributed by atoms with Gasteiger partial charge in [-0.25, -0.2) is 4.79 Å². The van der Waals surface area contributed by atoms with Crippen LogP contribution < -0.4 is 9.72 Å². The minimum atomic E-state index is -1.68. The van der Waals surface area contributed by atoms with Crippen molar-refractivity contribution >= 4 is 21.3 Å². The van der Waals surface area contributed by atoms with Gasteiger partial charge < -0.3 is 24.1 Å². The summed E-state index contributed by atoms with van der Waals surface area (Å²) >= 11 is 0. The first-order valence-electron chi connectivity index (χ1n) is 11.4. The van der Waals surface area contributed by atoms with Gasteiger partial charge in [-0.1, -0.05) is 45.6 Å². The molecular weight excluding hydrogens is 409 g/mol. The summed E-state index contributed by atoms with van der Waals surface area (Å²) in [7, 11) is -0.518. The van der Waals surface area contributed by atoms with Gasteiger partial charge in [-0.3, -0.25) is 0 Å². The van der Waals surface area contributed by atoms with Crippen LogP contribution in [0, 0.1) is 17.3 Å². The molecule has 1 heterocycles. The fourth-order valence-electron chi connectivity index (χ4n) is 6.23. The zero-order valence-electron chi connectivity index (χ0n) is 19.8. The van der Waals surface area contributed by atoms with Gasteiger partial charge in [0.2, 0.25) is 0 Å². The third-order valence-corrected chi connectivity index (χ3v) is 9.12. The van der Waals surface area contributed by atoms with Crippen molar-refractivity contribution in [3.05, 3.63) is 29.3 Å². The zero-order chi connectivity index (χ0) is 22.8. The molecule has 0 spiro atoms. The van der Waals surface area contributed by atoms with Crippen LogP contribution in [0.15, 0.2) is 18.2 Å². The van der Waals surface area contributed by atoms with Crippen molar-refractivity contribution in [2.75, 3.05) is 7.11 Å². The number of benzene rings is 1. The van der Waals surface area contributed by atoms with Crippen LogP contribution in [0.4, 0.5) is 0 Å². The molecule has 5 atom stereocenters. The van der Waals surface area contributed by atoms with Crippen molar-refractivity contribution < 1.29 is 23.9 Å². The molecule has 3 aliphatic carbocycles. The lowest BCUT2D eigenvalue weighted by molar-refractivity contribution is -0.199. The first kappa shape index (κ1) is 22.8. The Labute approximate surface area is 187 Å². The van der Waals surface area contributed by atoms with E-state index >= 15 is 0 Å². The van der Waals surface area contributed by atoms with Crippen LogP contribution in [-0.2, 0) is 15.7 Å². The Balaban J connectivity index is 1.62. The number of methoxy groups -OCH3 is 1. The molecule has 1 saturated heterocycles. The van der Waals surface area contributed by atoms with Crippen molar-refractivity contribution in [3.8, 4) is 5.75 Å². The number of ether oxygens (including phenoxy) is 1. The minimum absolute atomic E-state index is 0.0765. The number of carboxylic acids is 1. The third-order valence-electron chi connectivity index (χ3n) is 7.89. The Kier molecular flexibility index (Phi) is 5.61. The SMILES string of the molecule is COc1c(CC(N[Si](C)(C)C)B2OC3CC4CC(C4(C)C)C3(C)O2)cccc1C(=O)O. The van der Waals surface area contributed by atoms with Gasteiger partial charge in [-0.2, -0.15) is 0 Å². The molecule has 4 fully saturated rings. The second-order valence-corrected chi connectivity index (χ2v) is 16.1. The van der Waals surface area contributed by atoms with E-state index in [-0.39, 0.29) is 30.3 Å². The smallest absolute Gasteiger partial charge is 0.475 e. The molecule has 0 radical (unpaired) electrons. The van der Waals surface area contributed by atoms with Gasteiger partial charge in [0.15, 0.2) is 0 Å². The van der Waals surface area contributed by atoms with Gasteiger partial charge in [0.1, 0.15) is 19.5 Å². The molecule has 1 aromatic carbocycles. The Morgan fingerprint density at radius 1 is 1.32 bits per heavy atom. The standard InChI is InChI=1S/C23H36BNO5Si/c1-22(2)15-12-17(22)23(3)18(13-15)29-24(30-23)19(25-31(5,6)7)11-14-9-8-10-16(21(26)27)20(14)28-4/h8-10,15,17-19,25H,11-13H2,1-7H3,(H,26,27). The van der Waals surface area contributed by atoms with E-state index in [0.29, 0.717) is 29.4 Å². The second kappa shape index (κ2) is 7.61.